The Labute approximate surface area is 92.4 Å². The fourth-order valence-corrected chi connectivity index (χ4v) is 0.961. The van der Waals surface area contributed by atoms with Crippen molar-refractivity contribution in [1.82, 2.24) is 0 Å². The highest BCUT2D eigenvalue weighted by atomic mass is 19.2. The molecule has 1 aromatic carbocycles. The maximum atomic E-state index is 13.1. The van der Waals surface area contributed by atoms with E-state index in [0.29, 0.717) is 0 Å². The van der Waals surface area contributed by atoms with Crippen molar-refractivity contribution < 1.29 is 32.5 Å². The van der Waals surface area contributed by atoms with Crippen molar-refractivity contribution in [3.8, 4) is 0 Å². The van der Waals surface area contributed by atoms with E-state index in [0.717, 1.165) is 0 Å². The monoisotopic (exact) mass is 255 g/mol. The van der Waals surface area contributed by atoms with Gasteiger partial charge in [-0.1, -0.05) is 0 Å². The van der Waals surface area contributed by atoms with Gasteiger partial charge in [-0.15, -0.1) is 0 Å². The number of carbonyl (C=O) groups excluding carboxylic acids is 1. The normalized spacial score (nSPS) is 12.4. The third-order valence-corrected chi connectivity index (χ3v) is 1.91. The Bertz CT molecular complexity index is 446. The summed E-state index contributed by atoms with van der Waals surface area (Å²) in [5, 5.41) is 1.59. The molecule has 1 unspecified atom stereocenters. The van der Waals surface area contributed by atoms with Crippen molar-refractivity contribution in [2.75, 3.05) is 5.32 Å². The summed E-state index contributed by atoms with van der Waals surface area (Å²) in [6.07, 6.45) is 0. The first-order valence-corrected chi connectivity index (χ1v) is 4.42. The zero-order valence-corrected chi connectivity index (χ0v) is 8.58. The number of benzene rings is 1. The molecule has 8 heteroatoms. The maximum absolute atomic E-state index is 13.1. The van der Waals surface area contributed by atoms with Crippen LogP contribution in [0.25, 0.3) is 0 Å². The highest BCUT2D eigenvalue weighted by Crippen LogP contribution is 2.26. The molecule has 17 heavy (non-hydrogen) atoms. The predicted octanol–water partition coefficient (Wildman–Crippen LogP) is 0.951. The lowest BCUT2D eigenvalue weighted by Gasteiger charge is -2.09. The van der Waals surface area contributed by atoms with E-state index in [-0.39, 0.29) is 0 Å². The molecule has 0 aromatic heterocycles. The molecule has 0 fully saturated rings. The van der Waals surface area contributed by atoms with E-state index in [2.05, 4.69) is 5.73 Å². The Hall–Kier alpha value is -1.70. The summed E-state index contributed by atoms with van der Waals surface area (Å²) < 4.78 is 64.2. The molecule has 0 aliphatic rings. The number of hydrogen-bond donors (Lipinski definition) is 2. The molecule has 0 heterocycles. The maximum Gasteiger partial charge on any atom is 0.282 e. The van der Waals surface area contributed by atoms with Crippen molar-refractivity contribution >= 4 is 11.6 Å². The first kappa shape index (κ1) is 13.4. The van der Waals surface area contributed by atoms with Gasteiger partial charge in [-0.05, 0) is 6.92 Å². The van der Waals surface area contributed by atoms with Crippen LogP contribution >= 0.6 is 0 Å². The van der Waals surface area contributed by atoms with Crippen molar-refractivity contribution in [3.63, 3.8) is 0 Å². The average Bonchev–Trinajstić information content (AvgIpc) is 2.29. The molecule has 0 bridgehead atoms. The third kappa shape index (κ3) is 2.36. The van der Waals surface area contributed by atoms with Crippen LogP contribution in [-0.2, 0) is 4.79 Å². The first-order valence-electron chi connectivity index (χ1n) is 4.42. The highest BCUT2D eigenvalue weighted by Gasteiger charge is 2.27. The number of anilines is 1. The molecule has 0 aliphatic carbocycles. The number of quaternary nitrogens is 1. The van der Waals surface area contributed by atoms with Gasteiger partial charge < -0.3 is 11.1 Å². The van der Waals surface area contributed by atoms with E-state index in [1.54, 1.807) is 5.32 Å². The van der Waals surface area contributed by atoms with Gasteiger partial charge in [0.25, 0.3) is 5.91 Å². The number of hydrogen-bond acceptors (Lipinski definition) is 1. The summed E-state index contributed by atoms with van der Waals surface area (Å²) in [5.41, 5.74) is 1.86. The fraction of sp³-hybridized carbons (Fsp3) is 0.222. The van der Waals surface area contributed by atoms with Crippen LogP contribution in [0.15, 0.2) is 0 Å². The van der Waals surface area contributed by atoms with E-state index < -0.39 is 46.7 Å². The minimum atomic E-state index is -2.28. The van der Waals surface area contributed by atoms with Crippen LogP contribution in [0.5, 0.6) is 0 Å². The summed E-state index contributed by atoms with van der Waals surface area (Å²) in [6, 6.07) is -0.912. The predicted molar refractivity (Wildman–Crippen MR) is 47.2 cm³/mol. The van der Waals surface area contributed by atoms with Crippen LogP contribution in [-0.4, -0.2) is 11.9 Å². The quantitative estimate of drug-likeness (QED) is 0.461. The molecule has 3 nitrogen and oxygen atoms in total. The topological polar surface area (TPSA) is 56.7 Å². The van der Waals surface area contributed by atoms with Gasteiger partial charge in [0.2, 0.25) is 5.82 Å². The van der Waals surface area contributed by atoms with Gasteiger partial charge in [-0.3, -0.25) is 4.79 Å². The first-order chi connectivity index (χ1) is 7.77. The van der Waals surface area contributed by atoms with Gasteiger partial charge in [-0.2, -0.15) is 0 Å². The zero-order chi connectivity index (χ0) is 13.3. The summed E-state index contributed by atoms with van der Waals surface area (Å²) >= 11 is 0. The van der Waals surface area contributed by atoms with Crippen molar-refractivity contribution in [3.05, 3.63) is 29.1 Å². The second-order valence-electron chi connectivity index (χ2n) is 3.34. The van der Waals surface area contributed by atoms with Crippen molar-refractivity contribution in [2.24, 2.45) is 0 Å². The molecule has 94 valence electrons. The van der Waals surface area contributed by atoms with Gasteiger partial charge in [-0.25, -0.2) is 22.0 Å². The number of rotatable bonds is 2. The molecule has 4 N–H and O–H groups in total. The fourth-order valence-electron chi connectivity index (χ4n) is 0.961. The van der Waals surface area contributed by atoms with Gasteiger partial charge in [0.1, 0.15) is 5.69 Å². The van der Waals surface area contributed by atoms with Crippen LogP contribution in [0.4, 0.5) is 27.6 Å². The van der Waals surface area contributed by atoms with E-state index >= 15 is 0 Å². The van der Waals surface area contributed by atoms with Crippen LogP contribution in [0.3, 0.4) is 0 Å². The van der Waals surface area contributed by atoms with E-state index in [4.69, 9.17) is 0 Å². The lowest BCUT2D eigenvalue weighted by atomic mass is 10.2. The molecule has 0 aliphatic heterocycles. The Balaban J connectivity index is 3.30. The average molecular weight is 255 g/mol. The standard InChI is InChI=1S/C9H7F5N2O/c1-2(15)9(17)16-8-6(13)4(11)3(10)5(12)7(8)14/h2H,15H2,1H3,(H,16,17)/p+1. The third-order valence-electron chi connectivity index (χ3n) is 1.91. The van der Waals surface area contributed by atoms with Crippen molar-refractivity contribution in [1.29, 1.82) is 0 Å². The van der Waals surface area contributed by atoms with Crippen LogP contribution in [0, 0.1) is 29.1 Å². The molecule has 1 aromatic rings. The molecule has 1 rings (SSSR count). The molecule has 1 atom stereocenters. The summed E-state index contributed by atoms with van der Waals surface area (Å²) in [4.78, 5) is 11.1. The number of amides is 1. The second-order valence-corrected chi connectivity index (χ2v) is 3.34. The van der Waals surface area contributed by atoms with E-state index in [1.807, 2.05) is 0 Å². The summed E-state index contributed by atoms with van der Waals surface area (Å²) in [6.45, 7) is 1.29. The van der Waals surface area contributed by atoms with Crippen LogP contribution < -0.4 is 11.1 Å². The molecule has 0 spiro atoms. The van der Waals surface area contributed by atoms with Crippen LogP contribution in [0.2, 0.25) is 0 Å². The number of nitrogens with one attached hydrogen (secondary N) is 1. The van der Waals surface area contributed by atoms with E-state index in [1.165, 1.54) is 6.92 Å². The largest absolute Gasteiger partial charge is 0.348 e. The Morgan fingerprint density at radius 3 is 1.71 bits per heavy atom. The zero-order valence-electron chi connectivity index (χ0n) is 8.58. The number of halogens is 5. The molecule has 0 saturated carbocycles. The molecule has 1 amide bonds. The lowest BCUT2D eigenvalue weighted by molar-refractivity contribution is -0.396. The van der Waals surface area contributed by atoms with Crippen molar-refractivity contribution in [2.45, 2.75) is 13.0 Å². The van der Waals surface area contributed by atoms with Crippen LogP contribution in [0.1, 0.15) is 6.92 Å². The smallest absolute Gasteiger partial charge is 0.282 e. The summed E-state index contributed by atoms with van der Waals surface area (Å²) in [7, 11) is 0. The molecule has 0 radical (unpaired) electrons. The molecular formula is C9H8F5N2O+. The van der Waals surface area contributed by atoms with Gasteiger partial charge in [0.15, 0.2) is 29.3 Å². The Kier molecular flexibility index (Phi) is 3.66. The minimum absolute atomic E-state index is 0.912. The van der Waals surface area contributed by atoms with Gasteiger partial charge in [0, 0.05) is 0 Å². The van der Waals surface area contributed by atoms with Gasteiger partial charge >= 0.3 is 0 Å². The molecular weight excluding hydrogens is 247 g/mol. The highest BCUT2D eigenvalue weighted by molar-refractivity contribution is 5.93. The molecule has 0 saturated heterocycles. The Morgan fingerprint density at radius 1 is 1.00 bits per heavy atom. The lowest BCUT2D eigenvalue weighted by Crippen LogP contribution is -2.64. The van der Waals surface area contributed by atoms with E-state index in [9.17, 15) is 26.7 Å². The number of carbonyl (C=O) groups is 1. The SMILES string of the molecule is CC([NH3+])C(=O)Nc1c(F)c(F)c(F)c(F)c1F. The second kappa shape index (κ2) is 4.66. The Morgan fingerprint density at radius 2 is 1.35 bits per heavy atom. The minimum Gasteiger partial charge on any atom is -0.348 e. The van der Waals surface area contributed by atoms with Gasteiger partial charge in [0.05, 0.1) is 0 Å². The summed E-state index contributed by atoms with van der Waals surface area (Å²) in [5.74, 6) is -11.6.